The van der Waals surface area contributed by atoms with E-state index in [1.54, 1.807) is 0 Å². The number of unbranched alkanes of at least 4 members (excludes halogenated alkanes) is 1. The summed E-state index contributed by atoms with van der Waals surface area (Å²) in [4.78, 5) is 11.9. The number of rotatable bonds is 8. The maximum Gasteiger partial charge on any atom is 0.264 e. The van der Waals surface area contributed by atoms with Gasteiger partial charge >= 0.3 is 0 Å². The van der Waals surface area contributed by atoms with Gasteiger partial charge in [0.05, 0.1) is 0 Å². The van der Waals surface area contributed by atoms with Crippen molar-refractivity contribution < 1.29 is 9.53 Å². The Labute approximate surface area is 134 Å². The van der Waals surface area contributed by atoms with Crippen LogP contribution in [0.4, 0.5) is 5.13 Å². The number of para-hydroxylation sites is 1. The fraction of sp³-hybridized carbons (Fsp3) is 0.438. The molecule has 0 unspecified atom stereocenters. The summed E-state index contributed by atoms with van der Waals surface area (Å²) in [5.41, 5.74) is 1.09. The lowest BCUT2D eigenvalue weighted by atomic mass is 10.1. The molecular weight excluding hydrogens is 298 g/mol. The van der Waals surface area contributed by atoms with Crippen molar-refractivity contribution in [2.75, 3.05) is 11.9 Å². The maximum atomic E-state index is 11.9. The van der Waals surface area contributed by atoms with Crippen LogP contribution < -0.4 is 10.1 Å². The van der Waals surface area contributed by atoms with E-state index in [1.165, 1.54) is 11.3 Å². The fourth-order valence-electron chi connectivity index (χ4n) is 1.97. The highest BCUT2D eigenvalue weighted by Crippen LogP contribution is 2.19. The number of aryl methyl sites for hydroxylation is 2. The summed E-state index contributed by atoms with van der Waals surface area (Å²) in [6, 6.07) is 7.74. The highest BCUT2D eigenvalue weighted by molar-refractivity contribution is 7.15. The predicted octanol–water partition coefficient (Wildman–Crippen LogP) is 3.46. The van der Waals surface area contributed by atoms with Crippen molar-refractivity contribution in [3.05, 3.63) is 34.8 Å². The van der Waals surface area contributed by atoms with Crippen LogP contribution in [0.3, 0.4) is 0 Å². The lowest BCUT2D eigenvalue weighted by molar-refractivity contribution is -0.118. The SMILES string of the molecule is CCCCc1nnc(NC(=O)COc2ccccc2CC)s1. The number of carbonyl (C=O) groups is 1. The normalized spacial score (nSPS) is 10.5. The molecule has 0 atom stereocenters. The third-order valence-corrected chi connectivity index (χ3v) is 4.07. The maximum absolute atomic E-state index is 11.9. The van der Waals surface area contributed by atoms with Crippen molar-refractivity contribution in [2.45, 2.75) is 39.5 Å². The Morgan fingerprint density at radius 1 is 1.27 bits per heavy atom. The van der Waals surface area contributed by atoms with Crippen LogP contribution in [-0.2, 0) is 17.6 Å². The Balaban J connectivity index is 1.84. The van der Waals surface area contributed by atoms with Gasteiger partial charge in [0.15, 0.2) is 6.61 Å². The number of hydrogen-bond donors (Lipinski definition) is 1. The van der Waals surface area contributed by atoms with Gasteiger partial charge in [-0.3, -0.25) is 10.1 Å². The fourth-order valence-corrected chi connectivity index (χ4v) is 2.77. The molecule has 1 aromatic carbocycles. The van der Waals surface area contributed by atoms with Gasteiger partial charge in [-0.15, -0.1) is 10.2 Å². The quantitative estimate of drug-likeness (QED) is 0.809. The molecular formula is C16H21N3O2S. The highest BCUT2D eigenvalue weighted by atomic mass is 32.1. The van der Waals surface area contributed by atoms with Gasteiger partial charge < -0.3 is 4.74 Å². The topological polar surface area (TPSA) is 64.1 Å². The Morgan fingerprint density at radius 2 is 2.09 bits per heavy atom. The van der Waals surface area contributed by atoms with Crippen LogP contribution in [-0.4, -0.2) is 22.7 Å². The molecule has 0 saturated heterocycles. The molecule has 1 amide bonds. The number of anilines is 1. The number of nitrogens with one attached hydrogen (secondary N) is 1. The van der Waals surface area contributed by atoms with Crippen LogP contribution in [0.5, 0.6) is 5.75 Å². The first kappa shape index (κ1) is 16.4. The summed E-state index contributed by atoms with van der Waals surface area (Å²) in [6.45, 7) is 4.16. The van der Waals surface area contributed by atoms with E-state index < -0.39 is 0 Å². The predicted molar refractivity (Wildman–Crippen MR) is 88.5 cm³/mol. The number of benzene rings is 1. The van der Waals surface area contributed by atoms with Gasteiger partial charge in [-0.25, -0.2) is 0 Å². The Kier molecular flexibility index (Phi) is 6.33. The van der Waals surface area contributed by atoms with E-state index in [0.29, 0.717) is 5.13 Å². The van der Waals surface area contributed by atoms with Gasteiger partial charge in [0, 0.05) is 6.42 Å². The standard InChI is InChI=1S/C16H21N3O2S/c1-3-5-10-15-18-19-16(22-15)17-14(20)11-21-13-9-7-6-8-12(13)4-2/h6-9H,3-5,10-11H2,1-2H3,(H,17,19,20). The minimum atomic E-state index is -0.218. The average Bonchev–Trinajstić information content (AvgIpc) is 2.98. The molecule has 1 N–H and O–H groups in total. The number of amides is 1. The molecule has 5 nitrogen and oxygen atoms in total. The van der Waals surface area contributed by atoms with Crippen molar-refractivity contribution >= 4 is 22.4 Å². The van der Waals surface area contributed by atoms with Crippen LogP contribution in [0.1, 0.15) is 37.3 Å². The van der Waals surface area contributed by atoms with E-state index in [2.05, 4.69) is 29.4 Å². The van der Waals surface area contributed by atoms with Crippen molar-refractivity contribution in [3.63, 3.8) is 0 Å². The molecule has 0 radical (unpaired) electrons. The van der Waals surface area contributed by atoms with Crippen LogP contribution in [0.25, 0.3) is 0 Å². The monoisotopic (exact) mass is 319 g/mol. The third-order valence-electron chi connectivity index (χ3n) is 3.17. The van der Waals surface area contributed by atoms with E-state index in [1.807, 2.05) is 24.3 Å². The van der Waals surface area contributed by atoms with Crippen molar-refractivity contribution in [1.82, 2.24) is 10.2 Å². The second-order valence-electron chi connectivity index (χ2n) is 4.90. The van der Waals surface area contributed by atoms with Gasteiger partial charge in [-0.1, -0.05) is 49.8 Å². The first-order chi connectivity index (χ1) is 10.7. The van der Waals surface area contributed by atoms with Crippen LogP contribution in [0.2, 0.25) is 0 Å². The zero-order valence-electron chi connectivity index (χ0n) is 13.0. The lowest BCUT2D eigenvalue weighted by Gasteiger charge is -2.09. The van der Waals surface area contributed by atoms with Crippen LogP contribution in [0.15, 0.2) is 24.3 Å². The number of carbonyl (C=O) groups excluding carboxylic acids is 1. The zero-order chi connectivity index (χ0) is 15.8. The minimum Gasteiger partial charge on any atom is -0.483 e. The lowest BCUT2D eigenvalue weighted by Crippen LogP contribution is -2.20. The average molecular weight is 319 g/mol. The molecule has 118 valence electrons. The molecule has 0 spiro atoms. The molecule has 6 heteroatoms. The van der Waals surface area contributed by atoms with E-state index >= 15 is 0 Å². The summed E-state index contributed by atoms with van der Waals surface area (Å²) in [6.07, 6.45) is 3.98. The Bertz CT molecular complexity index is 613. The van der Waals surface area contributed by atoms with Gasteiger partial charge in [0.2, 0.25) is 5.13 Å². The second-order valence-corrected chi connectivity index (χ2v) is 5.96. The molecule has 2 aromatic rings. The first-order valence-corrected chi connectivity index (χ1v) is 8.37. The van der Waals surface area contributed by atoms with Gasteiger partial charge in [0.1, 0.15) is 10.8 Å². The van der Waals surface area contributed by atoms with E-state index in [-0.39, 0.29) is 12.5 Å². The zero-order valence-corrected chi connectivity index (χ0v) is 13.8. The minimum absolute atomic E-state index is 0.0269. The van der Waals surface area contributed by atoms with E-state index in [0.717, 1.165) is 42.0 Å². The molecule has 0 aliphatic heterocycles. The van der Waals surface area contributed by atoms with Gasteiger partial charge in [0.25, 0.3) is 5.91 Å². The van der Waals surface area contributed by atoms with Gasteiger partial charge in [-0.05, 0) is 24.5 Å². The molecule has 0 aliphatic rings. The molecule has 0 saturated carbocycles. The number of nitrogens with zero attached hydrogens (tertiary/aromatic N) is 2. The smallest absolute Gasteiger partial charge is 0.264 e. The van der Waals surface area contributed by atoms with Crippen LogP contribution >= 0.6 is 11.3 Å². The summed E-state index contributed by atoms with van der Waals surface area (Å²) < 4.78 is 5.58. The number of aromatic nitrogens is 2. The van der Waals surface area contributed by atoms with Crippen molar-refractivity contribution in [2.24, 2.45) is 0 Å². The summed E-state index contributed by atoms with van der Waals surface area (Å²) in [5.74, 6) is 0.533. The summed E-state index contributed by atoms with van der Waals surface area (Å²) in [5, 5.41) is 12.3. The van der Waals surface area contributed by atoms with E-state index in [9.17, 15) is 4.79 Å². The molecule has 0 aliphatic carbocycles. The van der Waals surface area contributed by atoms with Gasteiger partial charge in [-0.2, -0.15) is 0 Å². The molecule has 22 heavy (non-hydrogen) atoms. The Morgan fingerprint density at radius 3 is 2.86 bits per heavy atom. The molecule has 0 fully saturated rings. The van der Waals surface area contributed by atoms with Crippen molar-refractivity contribution in [1.29, 1.82) is 0 Å². The molecule has 1 aromatic heterocycles. The van der Waals surface area contributed by atoms with E-state index in [4.69, 9.17) is 4.74 Å². The van der Waals surface area contributed by atoms with Crippen LogP contribution in [0, 0.1) is 0 Å². The number of hydrogen-bond acceptors (Lipinski definition) is 5. The highest BCUT2D eigenvalue weighted by Gasteiger charge is 2.09. The molecule has 2 rings (SSSR count). The summed E-state index contributed by atoms with van der Waals surface area (Å²) >= 11 is 1.42. The molecule has 1 heterocycles. The molecule has 0 bridgehead atoms. The number of ether oxygens (including phenoxy) is 1. The Hall–Kier alpha value is -1.95. The third kappa shape index (κ3) is 4.80. The summed E-state index contributed by atoms with van der Waals surface area (Å²) in [7, 11) is 0. The second kappa shape index (κ2) is 8.48. The van der Waals surface area contributed by atoms with Crippen molar-refractivity contribution in [3.8, 4) is 5.75 Å². The first-order valence-electron chi connectivity index (χ1n) is 7.55. The largest absolute Gasteiger partial charge is 0.483 e.